The lowest BCUT2D eigenvalue weighted by molar-refractivity contribution is -0.174. The van der Waals surface area contributed by atoms with Crippen LogP contribution in [0.4, 0.5) is 24.9 Å². The fraction of sp³-hybridized carbons (Fsp3) is 0.409. The number of alkyl halides is 3. The van der Waals surface area contributed by atoms with Crippen LogP contribution in [0, 0.1) is 0 Å². The predicted octanol–water partition coefficient (Wildman–Crippen LogP) is 3.30. The van der Waals surface area contributed by atoms with Gasteiger partial charge in [-0.15, -0.1) is 0 Å². The highest BCUT2D eigenvalue weighted by Crippen LogP contribution is 2.34. The van der Waals surface area contributed by atoms with Gasteiger partial charge in [-0.2, -0.15) is 13.2 Å². The van der Waals surface area contributed by atoms with Crippen molar-refractivity contribution >= 4 is 17.7 Å². The van der Waals surface area contributed by atoms with Gasteiger partial charge in [0.25, 0.3) is 0 Å². The second-order valence-corrected chi connectivity index (χ2v) is 8.89. The first-order valence-electron chi connectivity index (χ1n) is 10.6. The van der Waals surface area contributed by atoms with Gasteiger partial charge in [0, 0.05) is 36.0 Å². The molecule has 0 saturated heterocycles. The Morgan fingerprint density at radius 1 is 1.23 bits per heavy atom. The van der Waals surface area contributed by atoms with E-state index in [1.165, 1.54) is 20.2 Å². The molecule has 10 nitrogen and oxygen atoms in total. The zero-order valence-electron chi connectivity index (χ0n) is 19.9. The normalized spacial score (nSPS) is 12.8. The summed E-state index contributed by atoms with van der Waals surface area (Å²) in [6, 6.07) is 2.57. The van der Waals surface area contributed by atoms with Gasteiger partial charge in [0.15, 0.2) is 11.6 Å². The molecule has 3 heterocycles. The Hall–Kier alpha value is -3.90. The number of amides is 1. The van der Waals surface area contributed by atoms with E-state index in [2.05, 4.69) is 25.3 Å². The Balaban J connectivity index is 1.92. The molecule has 0 radical (unpaired) electrons. The number of nitrogens with zero attached hydrogens (tertiary/aromatic N) is 4. The monoisotopic (exact) mass is 492 g/mol. The number of halogens is 3. The molecule has 0 bridgehead atoms. The van der Waals surface area contributed by atoms with Crippen LogP contribution in [0.15, 0.2) is 24.5 Å². The summed E-state index contributed by atoms with van der Waals surface area (Å²) < 4.78 is 42.7. The number of nitrogens with one attached hydrogen (secondary N) is 3. The van der Waals surface area contributed by atoms with Crippen molar-refractivity contribution in [2.24, 2.45) is 0 Å². The Morgan fingerprint density at radius 2 is 1.94 bits per heavy atom. The highest BCUT2D eigenvalue weighted by Gasteiger charge is 2.39. The molecule has 0 aliphatic heterocycles. The summed E-state index contributed by atoms with van der Waals surface area (Å²) >= 11 is 0. The Labute approximate surface area is 199 Å². The molecule has 13 heteroatoms. The first-order chi connectivity index (χ1) is 16.3. The summed E-state index contributed by atoms with van der Waals surface area (Å²) in [7, 11) is 1.49. The number of pyridine rings is 1. The van der Waals surface area contributed by atoms with Crippen molar-refractivity contribution in [3.05, 3.63) is 30.4 Å². The molecule has 1 amide bonds. The lowest BCUT2D eigenvalue weighted by Gasteiger charge is -2.16. The van der Waals surface area contributed by atoms with Crippen LogP contribution in [-0.2, 0) is 10.2 Å². The molecule has 0 fully saturated rings. The van der Waals surface area contributed by atoms with Gasteiger partial charge in [-0.25, -0.2) is 19.9 Å². The van der Waals surface area contributed by atoms with Gasteiger partial charge in [0.05, 0.1) is 24.2 Å². The number of H-pyrrole nitrogens is 1. The molecule has 0 saturated carbocycles. The number of aromatic nitrogens is 5. The maximum Gasteiger partial charge on any atom is 0.471 e. The van der Waals surface area contributed by atoms with E-state index < -0.39 is 18.1 Å². The van der Waals surface area contributed by atoms with Crippen molar-refractivity contribution in [3.8, 4) is 28.4 Å². The summed E-state index contributed by atoms with van der Waals surface area (Å²) in [5, 5.41) is 4.72. The van der Waals surface area contributed by atoms with Crippen LogP contribution in [-0.4, -0.2) is 56.7 Å². The standard InChI is InChI=1S/C22H27F3N8O2/c1-11(30-19(34)22(23,24)25)9-29-20-27-7-6-13(31-20)16-15(32-18(33-16)21(2,3)4)12-8-14(35-5)17(26)28-10-12/h6-8,10-11H,9H2,1-5H3,(H2,26,28)(H,30,34)(H,32,33)(H,27,29,31)/t11-/m0/s1. The van der Waals surface area contributed by atoms with Crippen LogP contribution in [0.5, 0.6) is 5.75 Å². The molecule has 3 rings (SSSR count). The smallest absolute Gasteiger partial charge is 0.471 e. The van der Waals surface area contributed by atoms with E-state index in [9.17, 15) is 18.0 Å². The molecular weight excluding hydrogens is 465 g/mol. The molecular formula is C22H27F3N8O2. The average Bonchev–Trinajstić information content (AvgIpc) is 3.24. The summed E-state index contributed by atoms with van der Waals surface area (Å²) in [5.41, 5.74) is 7.84. The van der Waals surface area contributed by atoms with Crippen molar-refractivity contribution in [2.75, 3.05) is 24.7 Å². The summed E-state index contributed by atoms with van der Waals surface area (Å²) in [4.78, 5) is 32.0. The van der Waals surface area contributed by atoms with Crippen LogP contribution in [0.25, 0.3) is 22.6 Å². The average molecular weight is 493 g/mol. The number of aromatic amines is 1. The number of carbonyl (C=O) groups is 1. The zero-order valence-corrected chi connectivity index (χ0v) is 19.9. The Morgan fingerprint density at radius 3 is 2.57 bits per heavy atom. The molecule has 5 N–H and O–H groups in total. The van der Waals surface area contributed by atoms with Gasteiger partial charge in [0.1, 0.15) is 5.82 Å². The molecule has 0 spiro atoms. The predicted molar refractivity (Wildman–Crippen MR) is 125 cm³/mol. The minimum absolute atomic E-state index is 0.0204. The van der Waals surface area contributed by atoms with E-state index in [1.54, 1.807) is 18.3 Å². The lowest BCUT2D eigenvalue weighted by atomic mass is 9.96. The first-order valence-corrected chi connectivity index (χ1v) is 10.6. The largest absolute Gasteiger partial charge is 0.493 e. The van der Waals surface area contributed by atoms with Crippen LogP contribution in [0.3, 0.4) is 0 Å². The highest BCUT2D eigenvalue weighted by atomic mass is 19.4. The maximum absolute atomic E-state index is 12.5. The number of carbonyl (C=O) groups excluding carboxylic acids is 1. The topological polar surface area (TPSA) is 144 Å². The van der Waals surface area contributed by atoms with Gasteiger partial charge in [-0.05, 0) is 19.1 Å². The van der Waals surface area contributed by atoms with E-state index in [4.69, 9.17) is 15.5 Å². The van der Waals surface area contributed by atoms with Crippen LogP contribution in [0.1, 0.15) is 33.5 Å². The number of hydrogen-bond donors (Lipinski definition) is 4. The van der Waals surface area contributed by atoms with Crippen molar-refractivity contribution in [1.82, 2.24) is 30.2 Å². The molecule has 35 heavy (non-hydrogen) atoms. The van der Waals surface area contributed by atoms with Crippen LogP contribution >= 0.6 is 0 Å². The SMILES string of the molecule is COc1cc(-c2nc(C(C)(C)C)[nH]c2-c2ccnc(NC[C@H](C)NC(=O)C(F)(F)F)n2)cnc1N. The van der Waals surface area contributed by atoms with Gasteiger partial charge < -0.3 is 26.1 Å². The molecule has 188 valence electrons. The Bertz CT molecular complexity index is 1200. The van der Waals surface area contributed by atoms with Crippen molar-refractivity contribution in [3.63, 3.8) is 0 Å². The van der Waals surface area contributed by atoms with E-state index >= 15 is 0 Å². The second-order valence-electron chi connectivity index (χ2n) is 8.89. The first kappa shape index (κ1) is 25.7. The zero-order chi connectivity index (χ0) is 26.0. The number of nitrogen functional groups attached to an aromatic ring is 1. The van der Waals surface area contributed by atoms with Gasteiger partial charge >= 0.3 is 12.1 Å². The third-order valence-corrected chi connectivity index (χ3v) is 4.90. The summed E-state index contributed by atoms with van der Waals surface area (Å²) in [6.07, 6.45) is -1.87. The molecule has 0 aliphatic carbocycles. The molecule has 0 unspecified atom stereocenters. The van der Waals surface area contributed by atoms with E-state index in [-0.39, 0.29) is 23.7 Å². The third-order valence-electron chi connectivity index (χ3n) is 4.90. The van der Waals surface area contributed by atoms with Crippen molar-refractivity contribution in [2.45, 2.75) is 45.3 Å². The van der Waals surface area contributed by atoms with Crippen molar-refractivity contribution in [1.29, 1.82) is 0 Å². The molecule has 1 atom stereocenters. The number of methoxy groups -OCH3 is 1. The number of imidazole rings is 1. The minimum atomic E-state index is -4.95. The number of hydrogen-bond acceptors (Lipinski definition) is 8. The van der Waals surface area contributed by atoms with E-state index in [0.717, 1.165) is 0 Å². The van der Waals surface area contributed by atoms with E-state index in [0.29, 0.717) is 34.2 Å². The number of nitrogens with two attached hydrogens (primary N) is 1. The third kappa shape index (κ3) is 6.16. The van der Waals surface area contributed by atoms with Crippen LogP contribution < -0.4 is 21.1 Å². The lowest BCUT2D eigenvalue weighted by Crippen LogP contribution is -2.44. The van der Waals surface area contributed by atoms with Crippen LogP contribution in [0.2, 0.25) is 0 Å². The fourth-order valence-corrected chi connectivity index (χ4v) is 3.05. The number of rotatable bonds is 7. The molecule has 3 aromatic rings. The van der Waals surface area contributed by atoms with Gasteiger partial charge in [-0.3, -0.25) is 4.79 Å². The summed E-state index contributed by atoms with van der Waals surface area (Å²) in [5.74, 6) is -0.500. The number of ether oxygens (including phenoxy) is 1. The van der Waals surface area contributed by atoms with Crippen molar-refractivity contribution < 1.29 is 22.7 Å². The second kappa shape index (κ2) is 9.76. The number of anilines is 2. The molecule has 3 aromatic heterocycles. The van der Waals surface area contributed by atoms with Gasteiger partial charge in [-0.1, -0.05) is 20.8 Å². The fourth-order valence-electron chi connectivity index (χ4n) is 3.05. The van der Waals surface area contributed by atoms with Gasteiger partial charge in [0.2, 0.25) is 5.95 Å². The quantitative estimate of drug-likeness (QED) is 0.393. The minimum Gasteiger partial charge on any atom is -0.493 e. The summed E-state index contributed by atoms with van der Waals surface area (Å²) in [6.45, 7) is 7.43. The highest BCUT2D eigenvalue weighted by molar-refractivity contribution is 5.82. The maximum atomic E-state index is 12.5. The van der Waals surface area contributed by atoms with E-state index in [1.807, 2.05) is 26.1 Å². The Kier molecular flexibility index (Phi) is 7.17. The molecule has 0 aromatic carbocycles. The molecule has 0 aliphatic rings.